The van der Waals surface area contributed by atoms with Gasteiger partial charge in [-0.3, -0.25) is 4.68 Å². The molecule has 7 heteroatoms. The van der Waals surface area contributed by atoms with Crippen LogP contribution in [0.3, 0.4) is 0 Å². The zero-order valence-electron chi connectivity index (χ0n) is 12.2. The quantitative estimate of drug-likeness (QED) is 0.418. The molecule has 2 heterocycles. The predicted octanol–water partition coefficient (Wildman–Crippen LogP) is 2.38. The number of aromatic nitrogens is 4. The Bertz CT molecular complexity index is 814. The number of esters is 1. The molecule has 3 rings (SSSR count). The summed E-state index contributed by atoms with van der Waals surface area (Å²) in [4.78, 5) is 20.0. The largest absolute Gasteiger partial charge is 0.465 e. The van der Waals surface area contributed by atoms with Gasteiger partial charge in [-0.1, -0.05) is 12.1 Å². The van der Waals surface area contributed by atoms with Gasteiger partial charge >= 0.3 is 5.97 Å². The van der Waals surface area contributed by atoms with E-state index >= 15 is 0 Å². The molecule has 0 unspecified atom stereocenters. The molecule has 22 heavy (non-hydrogen) atoms. The van der Waals surface area contributed by atoms with Gasteiger partial charge in [0.1, 0.15) is 22.4 Å². The fourth-order valence-corrected chi connectivity index (χ4v) is 2.76. The number of methoxy groups -OCH3 is 1. The summed E-state index contributed by atoms with van der Waals surface area (Å²) in [6.45, 7) is 0.589. The number of benzene rings is 1. The van der Waals surface area contributed by atoms with Crippen molar-refractivity contribution >= 4 is 28.8 Å². The minimum atomic E-state index is -0.339. The molecule has 0 aliphatic carbocycles. The maximum absolute atomic E-state index is 11.4. The average molecular weight is 314 g/mol. The van der Waals surface area contributed by atoms with E-state index in [2.05, 4.69) is 15.1 Å². The highest BCUT2D eigenvalue weighted by atomic mass is 32.2. The van der Waals surface area contributed by atoms with E-state index in [4.69, 9.17) is 4.74 Å². The zero-order valence-corrected chi connectivity index (χ0v) is 13.0. The van der Waals surface area contributed by atoms with Gasteiger partial charge in [-0.2, -0.15) is 5.10 Å². The molecule has 0 radical (unpaired) electrons. The van der Waals surface area contributed by atoms with Crippen molar-refractivity contribution in [1.29, 1.82) is 0 Å². The molecule has 2 aromatic heterocycles. The zero-order chi connectivity index (χ0) is 15.5. The van der Waals surface area contributed by atoms with Crippen LogP contribution in [-0.2, 0) is 11.3 Å². The van der Waals surface area contributed by atoms with Crippen LogP contribution in [-0.4, -0.2) is 39.1 Å². The summed E-state index contributed by atoms with van der Waals surface area (Å²) in [5.74, 6) is -0.339. The molecule has 0 saturated carbocycles. The van der Waals surface area contributed by atoms with Gasteiger partial charge in [0.05, 0.1) is 25.4 Å². The van der Waals surface area contributed by atoms with Gasteiger partial charge < -0.3 is 4.74 Å². The van der Waals surface area contributed by atoms with Crippen LogP contribution in [0.15, 0.2) is 41.8 Å². The van der Waals surface area contributed by atoms with Crippen molar-refractivity contribution in [1.82, 2.24) is 19.7 Å². The average Bonchev–Trinajstić information content (AvgIpc) is 2.98. The number of rotatable bonds is 4. The summed E-state index contributed by atoms with van der Waals surface area (Å²) in [5.41, 5.74) is 3.32. The molecule has 3 aromatic rings. The molecule has 0 spiro atoms. The molecule has 112 valence electrons. The molecule has 0 aliphatic heterocycles. The van der Waals surface area contributed by atoms with Crippen LogP contribution in [0.5, 0.6) is 0 Å². The summed E-state index contributed by atoms with van der Waals surface area (Å²) in [5, 5.41) is 5.28. The maximum atomic E-state index is 11.4. The number of hydrogen-bond donors (Lipinski definition) is 0. The van der Waals surface area contributed by atoms with E-state index in [-0.39, 0.29) is 5.97 Å². The second kappa shape index (κ2) is 6.15. The molecular weight excluding hydrogens is 300 g/mol. The van der Waals surface area contributed by atoms with E-state index in [9.17, 15) is 4.79 Å². The Morgan fingerprint density at radius 2 is 2.05 bits per heavy atom. The number of fused-ring (bicyclic) bond motifs is 1. The Kier molecular flexibility index (Phi) is 4.06. The third kappa shape index (κ3) is 2.67. The molecule has 6 nitrogen and oxygen atoms in total. The summed E-state index contributed by atoms with van der Waals surface area (Å²) in [6, 6.07) is 7.28. The first-order valence-electron chi connectivity index (χ1n) is 6.60. The Morgan fingerprint density at radius 1 is 1.27 bits per heavy atom. The van der Waals surface area contributed by atoms with E-state index in [0.29, 0.717) is 12.1 Å². The number of nitrogens with zero attached hydrogens (tertiary/aromatic N) is 4. The first-order valence-corrected chi connectivity index (χ1v) is 7.83. The van der Waals surface area contributed by atoms with Crippen LogP contribution in [0, 0.1) is 0 Å². The first-order chi connectivity index (χ1) is 10.7. The lowest BCUT2D eigenvalue weighted by atomic mass is 10.1. The standard InChI is InChI=1S/C15H14N4O2S/c1-21-15(20)11-5-3-10(4-6-11)8-19-13-12(7-18-19)16-9-17-14(13)22-2/h3-7,9H,8H2,1-2H3. The lowest BCUT2D eigenvalue weighted by Crippen LogP contribution is -2.04. The summed E-state index contributed by atoms with van der Waals surface area (Å²) in [6.07, 6.45) is 5.26. The molecule has 0 aliphatic rings. The van der Waals surface area contributed by atoms with Crippen LogP contribution < -0.4 is 0 Å². The van der Waals surface area contributed by atoms with Gasteiger partial charge in [0, 0.05) is 0 Å². The molecule has 0 bridgehead atoms. The predicted molar refractivity (Wildman–Crippen MR) is 84.0 cm³/mol. The number of hydrogen-bond acceptors (Lipinski definition) is 6. The van der Waals surface area contributed by atoms with Crippen molar-refractivity contribution in [3.05, 3.63) is 47.9 Å². The van der Waals surface area contributed by atoms with E-state index < -0.39 is 0 Å². The van der Waals surface area contributed by atoms with E-state index in [1.165, 1.54) is 7.11 Å². The van der Waals surface area contributed by atoms with Gasteiger partial charge in [0.2, 0.25) is 0 Å². The van der Waals surface area contributed by atoms with Crippen LogP contribution in [0.25, 0.3) is 11.0 Å². The number of ether oxygens (including phenoxy) is 1. The first kappa shape index (κ1) is 14.5. The normalized spacial score (nSPS) is 10.8. The van der Waals surface area contributed by atoms with Gasteiger partial charge in [-0.25, -0.2) is 14.8 Å². The Morgan fingerprint density at radius 3 is 2.73 bits per heavy atom. The van der Waals surface area contributed by atoms with Crippen molar-refractivity contribution in [3.63, 3.8) is 0 Å². The van der Waals surface area contributed by atoms with Crippen LogP contribution in [0.4, 0.5) is 0 Å². The van der Waals surface area contributed by atoms with Gasteiger partial charge in [0.25, 0.3) is 0 Å². The molecule has 1 aromatic carbocycles. The Labute approximate surface area is 131 Å². The van der Waals surface area contributed by atoms with Gasteiger partial charge in [-0.05, 0) is 24.0 Å². The smallest absolute Gasteiger partial charge is 0.337 e. The highest BCUT2D eigenvalue weighted by Crippen LogP contribution is 2.22. The minimum Gasteiger partial charge on any atom is -0.465 e. The minimum absolute atomic E-state index is 0.339. The Balaban J connectivity index is 1.92. The van der Waals surface area contributed by atoms with E-state index in [1.807, 2.05) is 23.1 Å². The topological polar surface area (TPSA) is 69.9 Å². The highest BCUT2D eigenvalue weighted by molar-refractivity contribution is 7.98. The number of thioether (sulfide) groups is 1. The van der Waals surface area contributed by atoms with Crippen molar-refractivity contribution < 1.29 is 9.53 Å². The fourth-order valence-electron chi connectivity index (χ4n) is 2.20. The van der Waals surface area contributed by atoms with Crippen molar-refractivity contribution in [2.45, 2.75) is 11.6 Å². The van der Waals surface area contributed by atoms with Crippen LogP contribution in [0.2, 0.25) is 0 Å². The maximum Gasteiger partial charge on any atom is 0.337 e. The van der Waals surface area contributed by atoms with Crippen molar-refractivity contribution in [2.24, 2.45) is 0 Å². The third-order valence-corrected chi connectivity index (χ3v) is 3.98. The van der Waals surface area contributed by atoms with E-state index in [0.717, 1.165) is 21.6 Å². The summed E-state index contributed by atoms with van der Waals surface area (Å²) in [7, 11) is 1.37. The summed E-state index contributed by atoms with van der Waals surface area (Å²) >= 11 is 1.56. The van der Waals surface area contributed by atoms with Crippen LogP contribution >= 0.6 is 11.8 Å². The molecule has 0 N–H and O–H groups in total. The molecule has 0 saturated heterocycles. The SMILES string of the molecule is COC(=O)c1ccc(Cn2ncc3ncnc(SC)c32)cc1. The molecule has 0 atom stereocenters. The van der Waals surface area contributed by atoms with Crippen molar-refractivity contribution in [3.8, 4) is 0 Å². The molecular formula is C15H14N4O2S. The van der Waals surface area contributed by atoms with E-state index in [1.54, 1.807) is 36.4 Å². The van der Waals surface area contributed by atoms with Gasteiger partial charge in [-0.15, -0.1) is 11.8 Å². The van der Waals surface area contributed by atoms with Crippen molar-refractivity contribution in [2.75, 3.05) is 13.4 Å². The molecule has 0 amide bonds. The number of carbonyl (C=O) groups excluding carboxylic acids is 1. The van der Waals surface area contributed by atoms with Gasteiger partial charge in [0.15, 0.2) is 0 Å². The Hall–Kier alpha value is -2.41. The highest BCUT2D eigenvalue weighted by Gasteiger charge is 2.11. The second-order valence-corrected chi connectivity index (χ2v) is 5.40. The number of carbonyl (C=O) groups is 1. The monoisotopic (exact) mass is 314 g/mol. The molecule has 0 fully saturated rings. The lowest BCUT2D eigenvalue weighted by Gasteiger charge is -2.06. The second-order valence-electron chi connectivity index (χ2n) is 4.61. The summed E-state index contributed by atoms with van der Waals surface area (Å²) < 4.78 is 6.56. The fraction of sp³-hybridized carbons (Fsp3) is 0.200. The third-order valence-electron chi connectivity index (χ3n) is 3.30. The lowest BCUT2D eigenvalue weighted by molar-refractivity contribution is 0.0600. The van der Waals surface area contributed by atoms with Crippen LogP contribution in [0.1, 0.15) is 15.9 Å².